The molecule has 0 heterocycles. The van der Waals surface area contributed by atoms with Crippen molar-refractivity contribution in [1.29, 1.82) is 0 Å². The maximum absolute atomic E-state index is 3.75. The van der Waals surface area contributed by atoms with Gasteiger partial charge < -0.3 is 5.32 Å². The van der Waals surface area contributed by atoms with E-state index in [1.165, 1.54) is 17.5 Å². The number of hydrogen-bond acceptors (Lipinski definition) is 2. The zero-order valence-electron chi connectivity index (χ0n) is 14.8. The molecule has 0 saturated carbocycles. The van der Waals surface area contributed by atoms with Crippen molar-refractivity contribution in [1.82, 2.24) is 10.2 Å². The molecule has 1 aromatic rings. The Hall–Kier alpha value is -0.860. The molecule has 0 bridgehead atoms. The topological polar surface area (TPSA) is 15.3 Å². The van der Waals surface area contributed by atoms with Crippen molar-refractivity contribution < 1.29 is 0 Å². The third-order valence-electron chi connectivity index (χ3n) is 4.40. The van der Waals surface area contributed by atoms with Crippen LogP contribution in [0.5, 0.6) is 0 Å². The van der Waals surface area contributed by atoms with Crippen molar-refractivity contribution in [3.63, 3.8) is 0 Å². The van der Waals surface area contributed by atoms with E-state index in [4.69, 9.17) is 0 Å². The molecule has 120 valence electrons. The van der Waals surface area contributed by atoms with Crippen LogP contribution in [0.3, 0.4) is 0 Å². The van der Waals surface area contributed by atoms with Gasteiger partial charge in [-0.15, -0.1) is 0 Å². The highest BCUT2D eigenvalue weighted by Crippen LogP contribution is 2.23. The zero-order chi connectivity index (χ0) is 15.8. The van der Waals surface area contributed by atoms with E-state index < -0.39 is 0 Å². The summed E-state index contributed by atoms with van der Waals surface area (Å²) in [6.45, 7) is 15.8. The Kier molecular flexibility index (Phi) is 7.98. The largest absolute Gasteiger partial charge is 0.309 e. The van der Waals surface area contributed by atoms with E-state index in [0.717, 1.165) is 19.5 Å². The second kappa shape index (κ2) is 9.22. The first-order chi connectivity index (χ1) is 10.0. The SMILES string of the molecule is CCCNC(c1ccc(CC)cc1)C(C)N(CC)C(C)C. The van der Waals surface area contributed by atoms with E-state index in [2.05, 4.69) is 76.0 Å². The lowest BCUT2D eigenvalue weighted by atomic mass is 9.96. The van der Waals surface area contributed by atoms with Crippen LogP contribution in [0, 0.1) is 0 Å². The Labute approximate surface area is 131 Å². The van der Waals surface area contributed by atoms with Crippen LogP contribution in [0.25, 0.3) is 0 Å². The minimum absolute atomic E-state index is 0.401. The normalized spacial score (nSPS) is 14.7. The number of nitrogens with zero attached hydrogens (tertiary/aromatic N) is 1. The lowest BCUT2D eigenvalue weighted by Gasteiger charge is -2.37. The Morgan fingerprint density at radius 1 is 1.00 bits per heavy atom. The average Bonchev–Trinajstić information content (AvgIpc) is 2.48. The third kappa shape index (κ3) is 5.12. The first-order valence-corrected chi connectivity index (χ1v) is 8.63. The molecule has 0 fully saturated rings. The van der Waals surface area contributed by atoms with Gasteiger partial charge in [-0.1, -0.05) is 45.0 Å². The molecule has 1 rings (SSSR count). The second-order valence-corrected chi connectivity index (χ2v) is 6.19. The van der Waals surface area contributed by atoms with Gasteiger partial charge in [-0.25, -0.2) is 0 Å². The summed E-state index contributed by atoms with van der Waals surface area (Å²) >= 11 is 0. The first-order valence-electron chi connectivity index (χ1n) is 8.63. The molecule has 0 saturated heterocycles. The van der Waals surface area contributed by atoms with Crippen LogP contribution < -0.4 is 5.32 Å². The van der Waals surface area contributed by atoms with Crippen molar-refractivity contribution in [2.24, 2.45) is 0 Å². The van der Waals surface area contributed by atoms with Crippen LogP contribution in [0.1, 0.15) is 65.1 Å². The molecular formula is C19H34N2. The molecule has 0 aliphatic heterocycles. The summed E-state index contributed by atoms with van der Waals surface area (Å²) in [5, 5.41) is 3.75. The first kappa shape index (κ1) is 18.2. The Balaban J connectivity index is 2.96. The van der Waals surface area contributed by atoms with Gasteiger partial charge >= 0.3 is 0 Å². The van der Waals surface area contributed by atoms with E-state index >= 15 is 0 Å². The van der Waals surface area contributed by atoms with Gasteiger partial charge in [0.25, 0.3) is 0 Å². The van der Waals surface area contributed by atoms with Gasteiger partial charge in [0, 0.05) is 18.1 Å². The van der Waals surface area contributed by atoms with E-state index in [-0.39, 0.29) is 0 Å². The van der Waals surface area contributed by atoms with Gasteiger partial charge in [0.1, 0.15) is 0 Å². The molecule has 1 aromatic carbocycles. The lowest BCUT2D eigenvalue weighted by Crippen LogP contribution is -2.46. The Bertz CT molecular complexity index is 383. The van der Waals surface area contributed by atoms with E-state index in [1.54, 1.807) is 0 Å². The van der Waals surface area contributed by atoms with Gasteiger partial charge in [-0.3, -0.25) is 4.90 Å². The molecule has 21 heavy (non-hydrogen) atoms. The summed E-state index contributed by atoms with van der Waals surface area (Å²) in [5.74, 6) is 0. The summed E-state index contributed by atoms with van der Waals surface area (Å²) in [5.41, 5.74) is 2.82. The maximum atomic E-state index is 3.75. The second-order valence-electron chi connectivity index (χ2n) is 6.19. The summed E-state index contributed by atoms with van der Waals surface area (Å²) < 4.78 is 0. The highest BCUT2D eigenvalue weighted by Gasteiger charge is 2.25. The molecule has 0 aliphatic rings. The number of benzene rings is 1. The third-order valence-corrected chi connectivity index (χ3v) is 4.40. The molecular weight excluding hydrogens is 256 g/mol. The quantitative estimate of drug-likeness (QED) is 0.725. The zero-order valence-corrected chi connectivity index (χ0v) is 14.8. The van der Waals surface area contributed by atoms with Gasteiger partial charge in [0.2, 0.25) is 0 Å². The number of rotatable bonds is 9. The van der Waals surface area contributed by atoms with Crippen molar-refractivity contribution >= 4 is 0 Å². The summed E-state index contributed by atoms with van der Waals surface area (Å²) in [6.07, 6.45) is 2.28. The van der Waals surface area contributed by atoms with Gasteiger partial charge in [0.05, 0.1) is 0 Å². The monoisotopic (exact) mass is 290 g/mol. The van der Waals surface area contributed by atoms with Crippen LogP contribution in [-0.4, -0.2) is 30.1 Å². The fraction of sp³-hybridized carbons (Fsp3) is 0.684. The average molecular weight is 290 g/mol. The molecule has 0 spiro atoms. The van der Waals surface area contributed by atoms with E-state index in [9.17, 15) is 0 Å². The highest BCUT2D eigenvalue weighted by atomic mass is 15.2. The van der Waals surface area contributed by atoms with E-state index in [0.29, 0.717) is 18.1 Å². The predicted octanol–water partition coefficient (Wildman–Crippen LogP) is 4.41. The minimum atomic E-state index is 0.401. The lowest BCUT2D eigenvalue weighted by molar-refractivity contribution is 0.139. The standard InChI is InChI=1S/C19H34N2/c1-7-14-20-19(16(6)21(9-3)15(4)5)18-12-10-17(8-2)11-13-18/h10-13,15-16,19-20H,7-9,14H2,1-6H3. The molecule has 0 radical (unpaired) electrons. The molecule has 0 aromatic heterocycles. The van der Waals surface area contributed by atoms with Gasteiger partial charge in [-0.05, 0) is 57.8 Å². The Morgan fingerprint density at radius 3 is 2.05 bits per heavy atom. The predicted molar refractivity (Wildman–Crippen MR) is 93.8 cm³/mol. The van der Waals surface area contributed by atoms with Crippen molar-refractivity contribution in [3.05, 3.63) is 35.4 Å². The van der Waals surface area contributed by atoms with Gasteiger partial charge in [-0.2, -0.15) is 0 Å². The molecule has 2 unspecified atom stereocenters. The Morgan fingerprint density at radius 2 is 1.62 bits per heavy atom. The summed E-state index contributed by atoms with van der Waals surface area (Å²) in [7, 11) is 0. The molecule has 0 amide bonds. The van der Waals surface area contributed by atoms with Crippen LogP contribution in [0.2, 0.25) is 0 Å². The summed E-state index contributed by atoms with van der Waals surface area (Å²) in [4.78, 5) is 2.57. The number of aryl methyl sites for hydroxylation is 1. The number of nitrogens with one attached hydrogen (secondary N) is 1. The highest BCUT2D eigenvalue weighted by molar-refractivity contribution is 5.26. The molecule has 2 atom stereocenters. The molecule has 1 N–H and O–H groups in total. The van der Waals surface area contributed by atoms with Crippen molar-refractivity contribution in [2.75, 3.05) is 13.1 Å². The number of likely N-dealkylation sites (N-methyl/N-ethyl adjacent to an activating group) is 1. The fourth-order valence-electron chi connectivity index (χ4n) is 3.14. The molecule has 0 aliphatic carbocycles. The molecule has 2 heteroatoms. The van der Waals surface area contributed by atoms with Crippen LogP contribution in [0.4, 0.5) is 0 Å². The van der Waals surface area contributed by atoms with Gasteiger partial charge in [0.15, 0.2) is 0 Å². The van der Waals surface area contributed by atoms with Crippen LogP contribution in [-0.2, 0) is 6.42 Å². The smallest absolute Gasteiger partial charge is 0.0475 e. The van der Waals surface area contributed by atoms with Crippen molar-refractivity contribution in [3.8, 4) is 0 Å². The van der Waals surface area contributed by atoms with Crippen molar-refractivity contribution in [2.45, 2.75) is 72.5 Å². The van der Waals surface area contributed by atoms with Crippen LogP contribution in [0.15, 0.2) is 24.3 Å². The number of hydrogen-bond donors (Lipinski definition) is 1. The minimum Gasteiger partial charge on any atom is -0.309 e. The summed E-state index contributed by atoms with van der Waals surface area (Å²) in [6, 6.07) is 10.6. The van der Waals surface area contributed by atoms with E-state index in [1.807, 2.05) is 0 Å². The maximum Gasteiger partial charge on any atom is 0.0475 e. The van der Waals surface area contributed by atoms with Crippen LogP contribution >= 0.6 is 0 Å². The molecule has 2 nitrogen and oxygen atoms in total. The fourth-order valence-corrected chi connectivity index (χ4v) is 3.14.